The van der Waals surface area contributed by atoms with Gasteiger partial charge in [-0.15, -0.1) is 0 Å². The predicted octanol–water partition coefficient (Wildman–Crippen LogP) is 2.33. The molecule has 0 bridgehead atoms. The number of nitrogens with zero attached hydrogens (tertiary/aromatic N) is 2. The van der Waals surface area contributed by atoms with Crippen molar-refractivity contribution in [3.63, 3.8) is 0 Å². The lowest BCUT2D eigenvalue weighted by Crippen LogP contribution is -2.46. The molecule has 2 rings (SSSR count). The van der Waals surface area contributed by atoms with Crippen molar-refractivity contribution in [3.8, 4) is 0 Å². The fourth-order valence-corrected chi connectivity index (χ4v) is 3.01. The largest absolute Gasteiger partial charge is 0.411 e. The van der Waals surface area contributed by atoms with E-state index in [0.29, 0.717) is 38.7 Å². The standard InChI is InChI=1S/C19H28F4N4O2/c1-24-18(25-7-2-10-29-14-19(21,22)23)26-13-17(27-8-11-28-12-9-27)15-3-5-16(20)6-4-15/h3-6,17H,2,7-14H2,1H3,(H2,24,25,26). The molecular weight excluding hydrogens is 392 g/mol. The highest BCUT2D eigenvalue weighted by molar-refractivity contribution is 5.79. The summed E-state index contributed by atoms with van der Waals surface area (Å²) in [6.07, 6.45) is -3.89. The summed E-state index contributed by atoms with van der Waals surface area (Å²) in [6, 6.07) is 6.43. The van der Waals surface area contributed by atoms with Gasteiger partial charge in [-0.05, 0) is 24.1 Å². The van der Waals surface area contributed by atoms with Gasteiger partial charge >= 0.3 is 6.18 Å². The topological polar surface area (TPSA) is 58.1 Å². The Labute approximate surface area is 168 Å². The Bertz CT molecular complexity index is 620. The summed E-state index contributed by atoms with van der Waals surface area (Å²) >= 11 is 0. The molecule has 29 heavy (non-hydrogen) atoms. The van der Waals surface area contributed by atoms with Gasteiger partial charge in [0.25, 0.3) is 0 Å². The van der Waals surface area contributed by atoms with E-state index in [4.69, 9.17) is 4.74 Å². The molecule has 0 amide bonds. The van der Waals surface area contributed by atoms with Crippen LogP contribution in [0.25, 0.3) is 0 Å². The summed E-state index contributed by atoms with van der Waals surface area (Å²) < 4.78 is 59.4. The number of morpholine rings is 1. The molecule has 164 valence electrons. The van der Waals surface area contributed by atoms with Crippen LogP contribution in [0.3, 0.4) is 0 Å². The summed E-state index contributed by atoms with van der Waals surface area (Å²) in [5.41, 5.74) is 0.983. The van der Waals surface area contributed by atoms with Crippen LogP contribution in [0.2, 0.25) is 0 Å². The van der Waals surface area contributed by atoms with E-state index in [0.717, 1.165) is 18.7 Å². The molecule has 1 saturated heterocycles. The molecule has 1 aromatic carbocycles. The number of benzene rings is 1. The van der Waals surface area contributed by atoms with E-state index in [9.17, 15) is 17.6 Å². The lowest BCUT2D eigenvalue weighted by atomic mass is 10.0. The van der Waals surface area contributed by atoms with E-state index in [1.165, 1.54) is 12.1 Å². The summed E-state index contributed by atoms with van der Waals surface area (Å²) in [4.78, 5) is 6.41. The molecule has 1 unspecified atom stereocenters. The highest BCUT2D eigenvalue weighted by Gasteiger charge is 2.27. The van der Waals surface area contributed by atoms with Gasteiger partial charge in [0.1, 0.15) is 12.4 Å². The molecule has 1 heterocycles. The molecule has 6 nitrogen and oxygen atoms in total. The number of rotatable bonds is 9. The normalized spacial score (nSPS) is 17.2. The lowest BCUT2D eigenvalue weighted by Gasteiger charge is -2.35. The van der Waals surface area contributed by atoms with Crippen molar-refractivity contribution in [2.75, 3.05) is 59.7 Å². The predicted molar refractivity (Wildman–Crippen MR) is 102 cm³/mol. The van der Waals surface area contributed by atoms with Gasteiger partial charge < -0.3 is 20.1 Å². The summed E-state index contributed by atoms with van der Waals surface area (Å²) in [7, 11) is 1.62. The number of hydrogen-bond acceptors (Lipinski definition) is 4. The van der Waals surface area contributed by atoms with Crippen LogP contribution in [0.1, 0.15) is 18.0 Å². The minimum absolute atomic E-state index is 0.00756. The zero-order valence-electron chi connectivity index (χ0n) is 16.5. The molecule has 0 spiro atoms. The highest BCUT2D eigenvalue weighted by atomic mass is 19.4. The highest BCUT2D eigenvalue weighted by Crippen LogP contribution is 2.21. The van der Waals surface area contributed by atoms with E-state index in [-0.39, 0.29) is 18.5 Å². The fraction of sp³-hybridized carbons (Fsp3) is 0.632. The first kappa shape index (κ1) is 23.4. The minimum Gasteiger partial charge on any atom is -0.379 e. The first-order chi connectivity index (χ1) is 13.9. The van der Waals surface area contributed by atoms with Gasteiger partial charge in [0.2, 0.25) is 0 Å². The van der Waals surface area contributed by atoms with Crippen molar-refractivity contribution in [2.45, 2.75) is 18.6 Å². The van der Waals surface area contributed by atoms with Crippen LogP contribution in [0.15, 0.2) is 29.3 Å². The van der Waals surface area contributed by atoms with E-state index >= 15 is 0 Å². The van der Waals surface area contributed by atoms with Crippen LogP contribution >= 0.6 is 0 Å². The Kier molecular flexibility index (Phi) is 9.62. The molecule has 0 aromatic heterocycles. The Balaban J connectivity index is 1.82. The first-order valence-electron chi connectivity index (χ1n) is 9.55. The second-order valence-corrected chi connectivity index (χ2v) is 6.62. The molecule has 0 saturated carbocycles. The molecule has 1 aromatic rings. The van der Waals surface area contributed by atoms with Gasteiger partial charge in [0, 0.05) is 39.8 Å². The van der Waals surface area contributed by atoms with Crippen molar-refractivity contribution in [1.82, 2.24) is 15.5 Å². The van der Waals surface area contributed by atoms with Crippen molar-refractivity contribution in [1.29, 1.82) is 0 Å². The van der Waals surface area contributed by atoms with E-state index < -0.39 is 12.8 Å². The average Bonchev–Trinajstić information content (AvgIpc) is 2.70. The Morgan fingerprint density at radius 2 is 1.90 bits per heavy atom. The van der Waals surface area contributed by atoms with Crippen LogP contribution in [0.5, 0.6) is 0 Å². The van der Waals surface area contributed by atoms with Crippen molar-refractivity contribution >= 4 is 5.96 Å². The minimum atomic E-state index is -4.31. The number of halogens is 4. The first-order valence-corrected chi connectivity index (χ1v) is 9.55. The maximum absolute atomic E-state index is 13.3. The fourth-order valence-electron chi connectivity index (χ4n) is 3.01. The van der Waals surface area contributed by atoms with Gasteiger partial charge in [-0.1, -0.05) is 12.1 Å². The van der Waals surface area contributed by atoms with Gasteiger partial charge in [0.15, 0.2) is 5.96 Å². The van der Waals surface area contributed by atoms with Crippen molar-refractivity contribution in [3.05, 3.63) is 35.6 Å². The summed E-state index contributed by atoms with van der Waals surface area (Å²) in [6.45, 7) is 2.56. The quantitative estimate of drug-likeness (QED) is 0.278. The zero-order valence-corrected chi connectivity index (χ0v) is 16.5. The molecule has 2 N–H and O–H groups in total. The summed E-state index contributed by atoms with van der Waals surface area (Å²) in [5, 5.41) is 6.30. The Morgan fingerprint density at radius 3 is 2.52 bits per heavy atom. The van der Waals surface area contributed by atoms with Crippen molar-refractivity contribution in [2.24, 2.45) is 4.99 Å². The number of aliphatic imine (C=N–C) groups is 1. The Morgan fingerprint density at radius 1 is 1.21 bits per heavy atom. The van der Waals surface area contributed by atoms with Crippen LogP contribution in [0, 0.1) is 5.82 Å². The van der Waals surface area contributed by atoms with Crippen LogP contribution < -0.4 is 10.6 Å². The second kappa shape index (κ2) is 11.9. The number of alkyl halides is 3. The van der Waals surface area contributed by atoms with Gasteiger partial charge in [-0.3, -0.25) is 9.89 Å². The van der Waals surface area contributed by atoms with E-state index in [1.54, 1.807) is 19.2 Å². The lowest BCUT2D eigenvalue weighted by molar-refractivity contribution is -0.173. The molecule has 10 heteroatoms. The third-order valence-corrected chi connectivity index (χ3v) is 4.45. The molecule has 1 atom stereocenters. The van der Waals surface area contributed by atoms with Gasteiger partial charge in [-0.25, -0.2) is 4.39 Å². The monoisotopic (exact) mass is 420 g/mol. The molecule has 1 fully saturated rings. The third kappa shape index (κ3) is 8.97. The third-order valence-electron chi connectivity index (χ3n) is 4.45. The number of nitrogens with one attached hydrogen (secondary N) is 2. The van der Waals surface area contributed by atoms with Crippen LogP contribution in [-0.4, -0.2) is 76.7 Å². The summed E-state index contributed by atoms with van der Waals surface area (Å²) in [5.74, 6) is 0.258. The van der Waals surface area contributed by atoms with E-state index in [2.05, 4.69) is 25.3 Å². The molecule has 0 aliphatic carbocycles. The average molecular weight is 420 g/mol. The van der Waals surface area contributed by atoms with E-state index in [1.807, 2.05) is 0 Å². The van der Waals surface area contributed by atoms with Gasteiger partial charge in [-0.2, -0.15) is 13.2 Å². The molecule has 0 radical (unpaired) electrons. The SMILES string of the molecule is CN=C(NCCCOCC(F)(F)F)NCC(c1ccc(F)cc1)N1CCOCC1. The van der Waals surface area contributed by atoms with Crippen LogP contribution in [0.4, 0.5) is 17.6 Å². The maximum atomic E-state index is 13.3. The molecular formula is C19H28F4N4O2. The number of hydrogen-bond donors (Lipinski definition) is 2. The maximum Gasteiger partial charge on any atom is 0.411 e. The molecule has 1 aliphatic rings. The Hall–Kier alpha value is -1.91. The number of guanidine groups is 1. The van der Waals surface area contributed by atoms with Crippen LogP contribution in [-0.2, 0) is 9.47 Å². The number of ether oxygens (including phenoxy) is 2. The smallest absolute Gasteiger partial charge is 0.379 e. The zero-order chi connectivity index (χ0) is 21.1. The van der Waals surface area contributed by atoms with Crippen molar-refractivity contribution < 1.29 is 27.0 Å². The second-order valence-electron chi connectivity index (χ2n) is 6.62. The molecule has 1 aliphatic heterocycles. The van der Waals surface area contributed by atoms with Gasteiger partial charge in [0.05, 0.1) is 19.3 Å².